The van der Waals surface area contributed by atoms with E-state index in [4.69, 9.17) is 14.2 Å². The van der Waals surface area contributed by atoms with E-state index >= 15 is 0 Å². The summed E-state index contributed by atoms with van der Waals surface area (Å²) < 4.78 is 16.2. The number of nitro groups is 1. The van der Waals surface area contributed by atoms with Crippen LogP contribution in [0.2, 0.25) is 0 Å². The average Bonchev–Trinajstić information content (AvgIpc) is 3.62. The van der Waals surface area contributed by atoms with E-state index in [1.165, 1.54) is 29.2 Å². The number of nitrogens with one attached hydrogen (secondary N) is 1. The van der Waals surface area contributed by atoms with E-state index in [-0.39, 0.29) is 29.5 Å². The minimum absolute atomic E-state index is 0.00776. The molecule has 0 bridgehead atoms. The topological polar surface area (TPSA) is 141 Å². The number of non-ortho nitro benzene ring substituents is 1. The lowest BCUT2D eigenvalue weighted by atomic mass is 10.1. The number of methoxy groups -OCH3 is 1. The molecule has 12 nitrogen and oxygen atoms in total. The first kappa shape index (κ1) is 31.9. The molecule has 2 saturated heterocycles. The normalized spacial score (nSPS) is 20.0. The van der Waals surface area contributed by atoms with Crippen molar-refractivity contribution < 1.29 is 33.5 Å². The Labute approximate surface area is 255 Å². The van der Waals surface area contributed by atoms with Crippen molar-refractivity contribution in [3.63, 3.8) is 0 Å². The number of nitro benzene ring substituents is 1. The van der Waals surface area contributed by atoms with Crippen molar-refractivity contribution in [3.8, 4) is 5.75 Å². The van der Waals surface area contributed by atoms with Gasteiger partial charge < -0.3 is 24.4 Å². The number of ether oxygens (including phenoxy) is 3. The Bertz CT molecular complexity index is 1300. The molecular weight excluding hydrogens is 576 g/mol. The molecule has 2 heterocycles. The van der Waals surface area contributed by atoms with E-state index < -0.39 is 28.8 Å². The summed E-state index contributed by atoms with van der Waals surface area (Å²) in [7, 11) is 1.61. The molecule has 232 valence electrons. The van der Waals surface area contributed by atoms with Gasteiger partial charge in [0.25, 0.3) is 5.69 Å². The maximum atomic E-state index is 13.5. The fourth-order valence-electron chi connectivity index (χ4n) is 4.91. The molecule has 0 saturated carbocycles. The van der Waals surface area contributed by atoms with Gasteiger partial charge in [0.15, 0.2) is 0 Å². The Balaban J connectivity index is 1.38. The summed E-state index contributed by atoms with van der Waals surface area (Å²) in [6.07, 6.45) is -0.0240. The minimum atomic E-state index is -0.742. The standard InChI is InChI=1S/C30H38N4O8S/c1-30(2,3)42-28(36)32-14-13-22(16-32)31-27(35)26-15-25(43-19-21-7-11-24(40-4)12-8-21)17-33(26)29(37)41-18-20-5-9-23(10-6-20)34(38)39/h5-12,22,25-26H,13-19H2,1-4H3,(H,31,35)/t22?,25-,26-/m0/s1. The van der Waals surface area contributed by atoms with Crippen LogP contribution in [0.3, 0.4) is 0 Å². The number of amides is 3. The van der Waals surface area contributed by atoms with Crippen molar-refractivity contribution in [1.29, 1.82) is 0 Å². The number of benzene rings is 2. The smallest absolute Gasteiger partial charge is 0.410 e. The van der Waals surface area contributed by atoms with Crippen LogP contribution in [0.5, 0.6) is 5.75 Å². The Morgan fingerprint density at radius 1 is 1.02 bits per heavy atom. The molecule has 0 spiro atoms. The van der Waals surface area contributed by atoms with Crippen LogP contribution < -0.4 is 10.1 Å². The van der Waals surface area contributed by atoms with Gasteiger partial charge in [0, 0.05) is 48.8 Å². The highest BCUT2D eigenvalue weighted by Crippen LogP contribution is 2.31. The van der Waals surface area contributed by atoms with Crippen molar-refractivity contribution in [2.24, 2.45) is 0 Å². The van der Waals surface area contributed by atoms with Crippen LogP contribution in [0.4, 0.5) is 15.3 Å². The van der Waals surface area contributed by atoms with Crippen molar-refractivity contribution in [2.45, 2.75) is 68.9 Å². The van der Waals surface area contributed by atoms with Crippen molar-refractivity contribution in [1.82, 2.24) is 15.1 Å². The largest absolute Gasteiger partial charge is 0.497 e. The molecule has 1 N–H and O–H groups in total. The molecule has 43 heavy (non-hydrogen) atoms. The van der Waals surface area contributed by atoms with Gasteiger partial charge in [0.2, 0.25) is 5.91 Å². The van der Waals surface area contributed by atoms with E-state index in [9.17, 15) is 24.5 Å². The molecule has 2 aliphatic rings. The molecule has 0 aliphatic carbocycles. The first-order chi connectivity index (χ1) is 20.4. The number of carbonyl (C=O) groups excluding carboxylic acids is 3. The molecule has 13 heteroatoms. The summed E-state index contributed by atoms with van der Waals surface area (Å²) in [6, 6.07) is 12.5. The van der Waals surface area contributed by atoms with Crippen LogP contribution >= 0.6 is 11.8 Å². The summed E-state index contributed by atoms with van der Waals surface area (Å²) in [6.45, 7) is 6.45. The molecule has 3 atom stereocenters. The van der Waals surface area contributed by atoms with E-state index in [1.54, 1.807) is 44.5 Å². The van der Waals surface area contributed by atoms with E-state index in [2.05, 4.69) is 5.32 Å². The number of rotatable bonds is 9. The highest BCUT2D eigenvalue weighted by molar-refractivity contribution is 7.99. The zero-order valence-electron chi connectivity index (χ0n) is 24.8. The first-order valence-corrected chi connectivity index (χ1v) is 15.2. The lowest BCUT2D eigenvalue weighted by Gasteiger charge is -2.26. The SMILES string of the molecule is COc1ccc(CS[C@H]2C[C@@H](C(=O)NC3CCN(C(=O)OC(C)(C)C)C3)N(C(=O)OCc3ccc([N+](=O)[O-])cc3)C2)cc1. The third-order valence-electron chi connectivity index (χ3n) is 7.14. The number of hydrogen-bond donors (Lipinski definition) is 1. The highest BCUT2D eigenvalue weighted by Gasteiger charge is 2.42. The van der Waals surface area contributed by atoms with Crippen molar-refractivity contribution in [2.75, 3.05) is 26.7 Å². The van der Waals surface area contributed by atoms with Crippen LogP contribution in [-0.4, -0.2) is 82.5 Å². The van der Waals surface area contributed by atoms with Gasteiger partial charge in [-0.3, -0.25) is 19.8 Å². The molecule has 1 unspecified atom stereocenters. The van der Waals surface area contributed by atoms with Crippen LogP contribution in [0, 0.1) is 10.1 Å². The van der Waals surface area contributed by atoms with Crippen LogP contribution in [0.1, 0.15) is 44.7 Å². The molecule has 2 aliphatic heterocycles. The highest BCUT2D eigenvalue weighted by atomic mass is 32.2. The fraction of sp³-hybridized carbons (Fsp3) is 0.500. The second-order valence-electron chi connectivity index (χ2n) is 11.6. The zero-order valence-corrected chi connectivity index (χ0v) is 25.6. The summed E-state index contributed by atoms with van der Waals surface area (Å²) in [5.74, 6) is 1.17. The quantitative estimate of drug-likeness (QED) is 0.313. The number of thioether (sulfide) groups is 1. The molecule has 4 rings (SSSR count). The molecule has 0 aromatic heterocycles. The lowest BCUT2D eigenvalue weighted by Crippen LogP contribution is -2.49. The van der Waals surface area contributed by atoms with Crippen LogP contribution in [0.15, 0.2) is 48.5 Å². The Hall–Kier alpha value is -4.00. The molecule has 2 fully saturated rings. The third kappa shape index (κ3) is 8.99. The zero-order chi connectivity index (χ0) is 31.1. The van der Waals surface area contributed by atoms with Gasteiger partial charge >= 0.3 is 12.2 Å². The summed E-state index contributed by atoms with van der Waals surface area (Å²) >= 11 is 1.66. The Morgan fingerprint density at radius 2 is 1.70 bits per heavy atom. The second-order valence-corrected chi connectivity index (χ2v) is 12.9. The van der Waals surface area contributed by atoms with Crippen molar-refractivity contribution in [3.05, 3.63) is 69.8 Å². The Kier molecular flexibility index (Phi) is 10.4. The average molecular weight is 615 g/mol. The number of hydrogen-bond acceptors (Lipinski definition) is 9. The van der Waals surface area contributed by atoms with Gasteiger partial charge in [-0.15, -0.1) is 0 Å². The third-order valence-corrected chi connectivity index (χ3v) is 8.45. The molecule has 0 radical (unpaired) electrons. The van der Waals surface area contributed by atoms with Crippen LogP contribution in [0.25, 0.3) is 0 Å². The predicted octanol–water partition coefficient (Wildman–Crippen LogP) is 4.74. The van der Waals surface area contributed by atoms with Gasteiger partial charge in [-0.25, -0.2) is 9.59 Å². The number of nitrogens with zero attached hydrogens (tertiary/aromatic N) is 3. The van der Waals surface area contributed by atoms with Gasteiger partial charge in [-0.1, -0.05) is 12.1 Å². The maximum Gasteiger partial charge on any atom is 0.410 e. The maximum absolute atomic E-state index is 13.5. The van der Waals surface area contributed by atoms with Gasteiger partial charge in [0.1, 0.15) is 24.0 Å². The minimum Gasteiger partial charge on any atom is -0.497 e. The van der Waals surface area contributed by atoms with E-state index in [0.29, 0.717) is 43.8 Å². The monoisotopic (exact) mass is 614 g/mol. The first-order valence-electron chi connectivity index (χ1n) is 14.1. The molecular formula is C30H38N4O8S. The van der Waals surface area contributed by atoms with Gasteiger partial charge in [0.05, 0.1) is 12.0 Å². The number of carbonyl (C=O) groups is 3. The van der Waals surface area contributed by atoms with Gasteiger partial charge in [-0.05, 0) is 69.0 Å². The van der Waals surface area contributed by atoms with E-state index in [1.807, 2.05) is 24.3 Å². The van der Waals surface area contributed by atoms with Gasteiger partial charge in [-0.2, -0.15) is 11.8 Å². The fourth-order valence-corrected chi connectivity index (χ4v) is 6.12. The molecule has 2 aromatic rings. The lowest BCUT2D eigenvalue weighted by molar-refractivity contribution is -0.384. The Morgan fingerprint density at radius 3 is 2.33 bits per heavy atom. The molecule has 3 amide bonds. The van der Waals surface area contributed by atoms with E-state index in [0.717, 1.165) is 11.3 Å². The molecule has 2 aromatic carbocycles. The van der Waals surface area contributed by atoms with Crippen molar-refractivity contribution >= 4 is 35.5 Å². The second kappa shape index (κ2) is 14.0. The predicted molar refractivity (Wildman–Crippen MR) is 161 cm³/mol. The number of likely N-dealkylation sites (tertiary alicyclic amines) is 2. The summed E-state index contributed by atoms with van der Waals surface area (Å²) in [5.41, 5.74) is 1.02. The summed E-state index contributed by atoms with van der Waals surface area (Å²) in [5, 5.41) is 13.9. The summed E-state index contributed by atoms with van der Waals surface area (Å²) in [4.78, 5) is 52.7. The van der Waals surface area contributed by atoms with Crippen LogP contribution in [-0.2, 0) is 26.6 Å².